The Morgan fingerprint density at radius 1 is 1.38 bits per heavy atom. The molecule has 0 bridgehead atoms. The summed E-state index contributed by atoms with van der Waals surface area (Å²) in [5, 5.41) is 8.92. The quantitative estimate of drug-likeness (QED) is 0.903. The van der Waals surface area contributed by atoms with Crippen molar-refractivity contribution in [3.05, 3.63) is 29.8 Å². The predicted molar refractivity (Wildman–Crippen MR) is 79.3 cm³/mol. The fraction of sp³-hybridized carbons (Fsp3) is 0.500. The zero-order valence-corrected chi connectivity index (χ0v) is 12.4. The highest BCUT2D eigenvalue weighted by Crippen LogP contribution is 2.27. The van der Waals surface area contributed by atoms with Crippen LogP contribution in [0.3, 0.4) is 0 Å². The first-order valence-corrected chi connectivity index (χ1v) is 7.21. The number of aryl methyl sites for hydroxylation is 1. The van der Waals surface area contributed by atoms with E-state index in [4.69, 9.17) is 9.84 Å². The van der Waals surface area contributed by atoms with Crippen molar-refractivity contribution in [3.63, 3.8) is 0 Å². The smallest absolute Gasteiger partial charge is 0.305 e. The van der Waals surface area contributed by atoms with Crippen molar-refractivity contribution in [2.45, 2.75) is 32.8 Å². The number of anilines is 1. The van der Waals surface area contributed by atoms with Crippen molar-refractivity contribution in [2.24, 2.45) is 5.92 Å². The van der Waals surface area contributed by atoms with Gasteiger partial charge in [0.15, 0.2) is 0 Å². The molecule has 0 spiro atoms. The summed E-state index contributed by atoms with van der Waals surface area (Å²) >= 11 is 0. The van der Waals surface area contributed by atoms with Gasteiger partial charge in [-0.25, -0.2) is 0 Å². The van der Waals surface area contributed by atoms with Crippen LogP contribution in [0.1, 0.15) is 25.3 Å². The van der Waals surface area contributed by atoms with E-state index in [1.807, 2.05) is 38.1 Å². The molecule has 5 heteroatoms. The molecule has 2 rings (SSSR count). The predicted octanol–water partition coefficient (Wildman–Crippen LogP) is 2.23. The van der Waals surface area contributed by atoms with Crippen LogP contribution in [-0.2, 0) is 14.3 Å². The molecule has 0 saturated carbocycles. The fourth-order valence-electron chi connectivity index (χ4n) is 2.68. The van der Waals surface area contributed by atoms with Gasteiger partial charge in [0.05, 0.1) is 18.4 Å². The molecule has 1 heterocycles. The van der Waals surface area contributed by atoms with Crippen molar-refractivity contribution in [1.29, 1.82) is 0 Å². The molecule has 0 radical (unpaired) electrons. The van der Waals surface area contributed by atoms with Crippen molar-refractivity contribution in [3.8, 4) is 0 Å². The zero-order chi connectivity index (χ0) is 15.4. The van der Waals surface area contributed by atoms with Crippen molar-refractivity contribution >= 4 is 17.6 Å². The molecule has 1 aromatic carbocycles. The van der Waals surface area contributed by atoms with Crippen LogP contribution in [0.2, 0.25) is 0 Å². The number of rotatable bonds is 5. The van der Waals surface area contributed by atoms with Crippen LogP contribution in [0.25, 0.3) is 0 Å². The third-order valence-electron chi connectivity index (χ3n) is 3.91. The van der Waals surface area contributed by atoms with Crippen LogP contribution >= 0.6 is 0 Å². The number of aliphatic carboxylic acids is 1. The minimum Gasteiger partial charge on any atom is -0.481 e. The van der Waals surface area contributed by atoms with Crippen molar-refractivity contribution in [2.75, 3.05) is 18.1 Å². The van der Waals surface area contributed by atoms with Crippen LogP contribution in [0, 0.1) is 12.8 Å². The van der Waals surface area contributed by atoms with E-state index in [2.05, 4.69) is 0 Å². The summed E-state index contributed by atoms with van der Waals surface area (Å²) in [4.78, 5) is 25.2. The monoisotopic (exact) mass is 291 g/mol. The second-order valence-corrected chi connectivity index (χ2v) is 5.39. The minimum atomic E-state index is -0.905. The van der Waals surface area contributed by atoms with Crippen LogP contribution in [0.15, 0.2) is 24.3 Å². The number of carbonyl (C=O) groups is 2. The largest absolute Gasteiger partial charge is 0.481 e. The Kier molecular flexibility index (Phi) is 4.96. The Labute approximate surface area is 124 Å². The summed E-state index contributed by atoms with van der Waals surface area (Å²) in [5.41, 5.74) is 1.74. The van der Waals surface area contributed by atoms with E-state index >= 15 is 0 Å². The lowest BCUT2D eigenvalue weighted by atomic mass is 10.00. The van der Waals surface area contributed by atoms with E-state index in [1.165, 1.54) is 0 Å². The van der Waals surface area contributed by atoms with E-state index in [0.717, 1.165) is 11.3 Å². The normalized spacial score (nSPS) is 21.2. The molecule has 1 aliphatic rings. The van der Waals surface area contributed by atoms with Gasteiger partial charge in [-0.1, -0.05) is 18.2 Å². The van der Waals surface area contributed by atoms with Gasteiger partial charge in [0.2, 0.25) is 5.91 Å². The van der Waals surface area contributed by atoms with Gasteiger partial charge in [-0.2, -0.15) is 0 Å². The topological polar surface area (TPSA) is 66.8 Å². The highest BCUT2D eigenvalue weighted by atomic mass is 16.5. The van der Waals surface area contributed by atoms with Crippen molar-refractivity contribution < 1.29 is 19.4 Å². The Balaban J connectivity index is 2.25. The number of carboxylic acid groups (broad SMARTS) is 1. The Morgan fingerprint density at radius 2 is 2.10 bits per heavy atom. The fourth-order valence-corrected chi connectivity index (χ4v) is 2.68. The van der Waals surface area contributed by atoms with E-state index in [0.29, 0.717) is 13.0 Å². The molecular formula is C16H21NO4. The zero-order valence-electron chi connectivity index (χ0n) is 12.4. The van der Waals surface area contributed by atoms with Gasteiger partial charge in [-0.3, -0.25) is 9.59 Å². The Hall–Kier alpha value is -1.88. The number of ether oxygens (including phenoxy) is 1. The van der Waals surface area contributed by atoms with E-state index in [1.54, 1.807) is 4.90 Å². The molecule has 114 valence electrons. The Bertz CT molecular complexity index is 529. The van der Waals surface area contributed by atoms with Gasteiger partial charge < -0.3 is 14.7 Å². The third kappa shape index (κ3) is 3.61. The lowest BCUT2D eigenvalue weighted by Crippen LogP contribution is -2.40. The Morgan fingerprint density at radius 3 is 2.67 bits per heavy atom. The minimum absolute atomic E-state index is 0.0458. The molecule has 1 N–H and O–H groups in total. The number of amides is 1. The van der Waals surface area contributed by atoms with Gasteiger partial charge >= 0.3 is 5.97 Å². The first-order valence-electron chi connectivity index (χ1n) is 7.21. The van der Waals surface area contributed by atoms with Crippen LogP contribution in [0.5, 0.6) is 0 Å². The highest BCUT2D eigenvalue weighted by molar-refractivity contribution is 5.96. The molecule has 21 heavy (non-hydrogen) atoms. The molecule has 1 amide bonds. The molecule has 2 unspecified atom stereocenters. The lowest BCUT2D eigenvalue weighted by Gasteiger charge is -2.27. The van der Waals surface area contributed by atoms with Crippen LogP contribution in [-0.4, -0.2) is 36.2 Å². The maximum Gasteiger partial charge on any atom is 0.305 e. The van der Waals surface area contributed by atoms with E-state index in [-0.39, 0.29) is 30.9 Å². The van der Waals surface area contributed by atoms with Crippen molar-refractivity contribution in [1.82, 2.24) is 0 Å². The second kappa shape index (κ2) is 6.72. The number of nitrogens with zero attached hydrogens (tertiary/aromatic N) is 1. The van der Waals surface area contributed by atoms with E-state index in [9.17, 15) is 9.59 Å². The molecular weight excluding hydrogens is 270 g/mol. The summed E-state index contributed by atoms with van der Waals surface area (Å²) < 4.78 is 5.46. The maximum atomic E-state index is 12.8. The molecule has 2 atom stereocenters. The number of hydrogen-bond acceptors (Lipinski definition) is 3. The number of hydrogen-bond donors (Lipinski definition) is 1. The van der Waals surface area contributed by atoms with Crippen LogP contribution in [0.4, 0.5) is 5.69 Å². The summed E-state index contributed by atoms with van der Waals surface area (Å²) in [6, 6.07) is 7.54. The van der Waals surface area contributed by atoms with Gasteiger partial charge in [-0.15, -0.1) is 0 Å². The van der Waals surface area contributed by atoms with Gasteiger partial charge in [-0.05, 0) is 31.9 Å². The average molecular weight is 291 g/mol. The molecule has 1 aliphatic heterocycles. The summed E-state index contributed by atoms with van der Waals surface area (Å²) in [6.07, 6.45) is 0.506. The SMILES string of the molecule is Cc1ccccc1N(CCC(=O)O)C(=O)C1CCOC1C. The van der Waals surface area contributed by atoms with E-state index < -0.39 is 5.97 Å². The van der Waals surface area contributed by atoms with Gasteiger partial charge in [0.25, 0.3) is 0 Å². The second-order valence-electron chi connectivity index (χ2n) is 5.39. The van der Waals surface area contributed by atoms with Gasteiger partial charge in [0.1, 0.15) is 0 Å². The first kappa shape index (κ1) is 15.5. The highest BCUT2D eigenvalue weighted by Gasteiger charge is 2.34. The average Bonchev–Trinajstić information content (AvgIpc) is 2.86. The first-order chi connectivity index (χ1) is 10.0. The molecule has 0 aromatic heterocycles. The molecule has 0 aliphatic carbocycles. The number of para-hydroxylation sites is 1. The molecule has 1 saturated heterocycles. The maximum absolute atomic E-state index is 12.8. The number of benzene rings is 1. The third-order valence-corrected chi connectivity index (χ3v) is 3.91. The lowest BCUT2D eigenvalue weighted by molar-refractivity contribution is -0.136. The van der Waals surface area contributed by atoms with Crippen LogP contribution < -0.4 is 4.90 Å². The summed E-state index contributed by atoms with van der Waals surface area (Å²) in [7, 11) is 0. The molecule has 1 fully saturated rings. The molecule has 5 nitrogen and oxygen atoms in total. The number of carbonyl (C=O) groups excluding carboxylic acids is 1. The molecule has 1 aromatic rings. The number of carboxylic acids is 1. The summed E-state index contributed by atoms with van der Waals surface area (Å²) in [5.74, 6) is -1.15. The van der Waals surface area contributed by atoms with Gasteiger partial charge in [0, 0.05) is 18.8 Å². The summed E-state index contributed by atoms with van der Waals surface area (Å²) in [6.45, 7) is 4.58. The standard InChI is InChI=1S/C16H21NO4/c1-11-5-3-4-6-14(11)17(9-7-15(18)19)16(20)13-8-10-21-12(13)2/h3-6,12-13H,7-10H2,1-2H3,(H,18,19).